The normalized spacial score (nSPS) is 15.5. The van der Waals surface area contributed by atoms with Gasteiger partial charge in [-0.3, -0.25) is 9.69 Å². The minimum absolute atomic E-state index is 0.155. The monoisotopic (exact) mass is 446 g/mol. The van der Waals surface area contributed by atoms with Crippen LogP contribution in [-0.4, -0.2) is 63.0 Å². The van der Waals surface area contributed by atoms with Gasteiger partial charge in [0.15, 0.2) is 5.82 Å². The van der Waals surface area contributed by atoms with E-state index in [4.69, 9.17) is 9.47 Å². The molecule has 2 aromatic carbocycles. The Morgan fingerprint density at radius 3 is 2.73 bits per heavy atom. The Hall–Kier alpha value is -3.56. The number of rotatable bonds is 7. The molecule has 1 aliphatic heterocycles. The largest absolute Gasteiger partial charge is 0.494 e. The van der Waals surface area contributed by atoms with Crippen molar-refractivity contribution in [2.75, 3.05) is 32.9 Å². The Labute approximate surface area is 190 Å². The first-order chi connectivity index (χ1) is 16.2. The zero-order valence-electron chi connectivity index (χ0n) is 18.5. The van der Waals surface area contributed by atoms with Crippen molar-refractivity contribution in [3.05, 3.63) is 81.9 Å². The van der Waals surface area contributed by atoms with Crippen molar-refractivity contribution in [1.29, 1.82) is 0 Å². The summed E-state index contributed by atoms with van der Waals surface area (Å²) in [6, 6.07) is 17.2. The molecule has 5 rings (SSSR count). The molecule has 0 radical (unpaired) electrons. The summed E-state index contributed by atoms with van der Waals surface area (Å²) in [6.07, 6.45) is 0. The van der Waals surface area contributed by atoms with Crippen LogP contribution >= 0.6 is 0 Å². The van der Waals surface area contributed by atoms with E-state index >= 15 is 0 Å². The zero-order chi connectivity index (χ0) is 22.6. The summed E-state index contributed by atoms with van der Waals surface area (Å²) in [5.74, 6) is 1.39. The maximum Gasteiger partial charge on any atom is 0.253 e. The fourth-order valence-electron chi connectivity index (χ4n) is 4.27. The summed E-state index contributed by atoms with van der Waals surface area (Å²) in [4.78, 5) is 18.5. The van der Waals surface area contributed by atoms with Gasteiger partial charge in [-0.25, -0.2) is 4.68 Å². The molecule has 1 atom stereocenters. The van der Waals surface area contributed by atoms with Crippen LogP contribution in [0.15, 0.2) is 59.4 Å². The van der Waals surface area contributed by atoms with Gasteiger partial charge in [0.2, 0.25) is 0 Å². The lowest BCUT2D eigenvalue weighted by molar-refractivity contribution is 0.0214. The van der Waals surface area contributed by atoms with Crippen molar-refractivity contribution in [2.45, 2.75) is 19.5 Å². The first-order valence-corrected chi connectivity index (χ1v) is 11.1. The molecule has 1 unspecified atom stereocenters. The highest BCUT2D eigenvalue weighted by atomic mass is 16.5. The zero-order valence-corrected chi connectivity index (χ0v) is 18.5. The Morgan fingerprint density at radius 2 is 1.94 bits per heavy atom. The Morgan fingerprint density at radius 1 is 1.12 bits per heavy atom. The second-order valence-electron chi connectivity index (χ2n) is 7.97. The molecule has 33 heavy (non-hydrogen) atoms. The van der Waals surface area contributed by atoms with E-state index in [9.17, 15) is 4.79 Å². The predicted molar refractivity (Wildman–Crippen MR) is 123 cm³/mol. The molecule has 9 nitrogen and oxygen atoms in total. The molecule has 0 amide bonds. The molecule has 1 N–H and O–H groups in total. The number of fused-ring (bicyclic) bond motifs is 1. The summed E-state index contributed by atoms with van der Waals surface area (Å²) in [7, 11) is 0. The van der Waals surface area contributed by atoms with Crippen LogP contribution in [0, 0.1) is 0 Å². The smallest absolute Gasteiger partial charge is 0.253 e. The van der Waals surface area contributed by atoms with E-state index in [1.54, 1.807) is 4.68 Å². The van der Waals surface area contributed by atoms with Crippen LogP contribution in [0.4, 0.5) is 0 Å². The average Bonchev–Trinajstić information content (AvgIpc) is 3.29. The molecular weight excluding hydrogens is 420 g/mol. The fraction of sp³-hybridized carbons (Fsp3) is 0.333. The Kier molecular flexibility index (Phi) is 6.14. The molecule has 0 spiro atoms. The van der Waals surface area contributed by atoms with Crippen molar-refractivity contribution in [3.63, 3.8) is 0 Å². The van der Waals surface area contributed by atoms with E-state index in [1.807, 2.05) is 61.5 Å². The van der Waals surface area contributed by atoms with Crippen LogP contribution in [0.2, 0.25) is 0 Å². The summed E-state index contributed by atoms with van der Waals surface area (Å²) in [6.45, 7) is 5.59. The summed E-state index contributed by atoms with van der Waals surface area (Å²) in [5.41, 5.74) is 2.29. The molecule has 9 heteroatoms. The first-order valence-electron chi connectivity index (χ1n) is 11.1. The number of ether oxygens (including phenoxy) is 2. The fourth-order valence-corrected chi connectivity index (χ4v) is 4.27. The second-order valence-corrected chi connectivity index (χ2v) is 7.97. The molecule has 3 heterocycles. The molecule has 1 fully saturated rings. The van der Waals surface area contributed by atoms with E-state index in [0.29, 0.717) is 50.8 Å². The van der Waals surface area contributed by atoms with Gasteiger partial charge in [-0.15, -0.1) is 5.10 Å². The predicted octanol–water partition coefficient (Wildman–Crippen LogP) is 2.38. The van der Waals surface area contributed by atoms with Crippen LogP contribution in [-0.2, 0) is 11.3 Å². The maximum atomic E-state index is 13.3. The molecule has 170 valence electrons. The number of nitrogens with zero attached hydrogens (tertiary/aromatic N) is 5. The molecule has 0 saturated carbocycles. The van der Waals surface area contributed by atoms with Crippen molar-refractivity contribution in [3.8, 4) is 5.75 Å². The van der Waals surface area contributed by atoms with Gasteiger partial charge in [-0.05, 0) is 47.2 Å². The third-order valence-corrected chi connectivity index (χ3v) is 5.84. The number of hydrogen-bond acceptors (Lipinski definition) is 7. The Balaban J connectivity index is 1.61. The summed E-state index contributed by atoms with van der Waals surface area (Å²) in [5, 5.41) is 13.5. The maximum absolute atomic E-state index is 13.3. The molecule has 0 aliphatic carbocycles. The molecule has 1 aliphatic rings. The lowest BCUT2D eigenvalue weighted by Crippen LogP contribution is -2.42. The number of aromatic amines is 1. The highest BCUT2D eigenvalue weighted by molar-refractivity contribution is 5.80. The van der Waals surface area contributed by atoms with Gasteiger partial charge < -0.3 is 14.5 Å². The number of benzene rings is 2. The minimum Gasteiger partial charge on any atom is -0.494 e. The van der Waals surface area contributed by atoms with Crippen LogP contribution in [0.1, 0.15) is 29.9 Å². The minimum atomic E-state index is -0.406. The highest BCUT2D eigenvalue weighted by Crippen LogP contribution is 2.28. The van der Waals surface area contributed by atoms with Gasteiger partial charge >= 0.3 is 0 Å². The van der Waals surface area contributed by atoms with E-state index in [0.717, 1.165) is 22.2 Å². The van der Waals surface area contributed by atoms with Crippen LogP contribution in [0.5, 0.6) is 5.75 Å². The van der Waals surface area contributed by atoms with Crippen molar-refractivity contribution < 1.29 is 9.47 Å². The number of H-pyrrole nitrogens is 1. The van der Waals surface area contributed by atoms with Crippen LogP contribution in [0.25, 0.3) is 10.9 Å². The molecule has 2 aromatic heterocycles. The third-order valence-electron chi connectivity index (χ3n) is 5.84. The molecular formula is C24H26N6O3. The van der Waals surface area contributed by atoms with Gasteiger partial charge in [-0.1, -0.05) is 30.3 Å². The number of hydrogen-bond donors (Lipinski definition) is 1. The van der Waals surface area contributed by atoms with E-state index in [2.05, 4.69) is 25.4 Å². The molecule has 0 bridgehead atoms. The topological polar surface area (TPSA) is 98.2 Å². The van der Waals surface area contributed by atoms with Gasteiger partial charge in [-0.2, -0.15) is 0 Å². The third kappa shape index (κ3) is 4.50. The van der Waals surface area contributed by atoms with Crippen molar-refractivity contribution in [1.82, 2.24) is 30.1 Å². The van der Waals surface area contributed by atoms with Crippen LogP contribution < -0.4 is 10.3 Å². The average molecular weight is 447 g/mol. The summed E-state index contributed by atoms with van der Waals surface area (Å²) < 4.78 is 13.0. The lowest BCUT2D eigenvalue weighted by atomic mass is 10.0. The van der Waals surface area contributed by atoms with E-state index in [1.165, 1.54) is 0 Å². The van der Waals surface area contributed by atoms with Crippen LogP contribution in [0.3, 0.4) is 0 Å². The van der Waals surface area contributed by atoms with Crippen molar-refractivity contribution in [2.24, 2.45) is 0 Å². The van der Waals surface area contributed by atoms with E-state index < -0.39 is 6.04 Å². The second kappa shape index (κ2) is 9.51. The van der Waals surface area contributed by atoms with Gasteiger partial charge in [0.25, 0.3) is 5.56 Å². The molecule has 4 aromatic rings. The number of aromatic nitrogens is 5. The SMILES string of the molecule is CCOc1ccc2[nH]c(=O)c(C(c3nnnn3Cc3ccccc3)N3CCOCC3)cc2c1. The quantitative estimate of drug-likeness (QED) is 0.465. The Bertz CT molecular complexity index is 1280. The molecule has 1 saturated heterocycles. The number of nitrogens with one attached hydrogen (secondary N) is 1. The summed E-state index contributed by atoms with van der Waals surface area (Å²) >= 11 is 0. The highest BCUT2D eigenvalue weighted by Gasteiger charge is 2.31. The standard InChI is InChI=1S/C24H26N6O3/c1-2-33-19-8-9-21-18(14-19)15-20(24(31)25-21)22(29-10-12-32-13-11-29)23-26-27-28-30(23)16-17-6-4-3-5-7-17/h3-9,14-15,22H,2,10-13,16H2,1H3,(H,25,31). The number of pyridine rings is 1. The lowest BCUT2D eigenvalue weighted by Gasteiger charge is -2.33. The number of morpholine rings is 1. The van der Waals surface area contributed by atoms with Crippen molar-refractivity contribution >= 4 is 10.9 Å². The van der Waals surface area contributed by atoms with Gasteiger partial charge in [0, 0.05) is 29.6 Å². The number of tetrazole rings is 1. The van der Waals surface area contributed by atoms with Gasteiger partial charge in [0.05, 0.1) is 26.4 Å². The van der Waals surface area contributed by atoms with E-state index in [-0.39, 0.29) is 5.56 Å². The van der Waals surface area contributed by atoms with Gasteiger partial charge in [0.1, 0.15) is 11.8 Å². The first kappa shape index (κ1) is 21.3.